The second-order valence-electron chi connectivity index (χ2n) is 3.75. The molecule has 0 aliphatic carbocycles. The molecule has 0 amide bonds. The molecule has 92 valence electrons. The highest BCUT2D eigenvalue weighted by Crippen LogP contribution is 2.08. The van der Waals surface area contributed by atoms with Crippen LogP contribution >= 0.6 is 0 Å². The minimum absolute atomic E-state index is 0.0867. The summed E-state index contributed by atoms with van der Waals surface area (Å²) in [5, 5.41) is 0. The van der Waals surface area contributed by atoms with Crippen LogP contribution < -0.4 is 0 Å². The maximum absolute atomic E-state index is 5.76. The lowest BCUT2D eigenvalue weighted by Crippen LogP contribution is -2.10. The van der Waals surface area contributed by atoms with Crippen LogP contribution in [-0.2, 0) is 16.1 Å². The van der Waals surface area contributed by atoms with E-state index in [-0.39, 0.29) is 6.10 Å². The second kappa shape index (κ2) is 8.59. The predicted octanol–water partition coefficient (Wildman–Crippen LogP) is 3.70. The molecule has 1 rings (SSSR count). The van der Waals surface area contributed by atoms with Crippen LogP contribution in [0.4, 0.5) is 0 Å². The van der Waals surface area contributed by atoms with Crippen molar-refractivity contribution in [3.8, 4) is 0 Å². The largest absolute Gasteiger partial charge is 0.502 e. The van der Waals surface area contributed by atoms with Crippen molar-refractivity contribution < 1.29 is 9.47 Å². The zero-order chi connectivity index (χ0) is 12.3. The van der Waals surface area contributed by atoms with Gasteiger partial charge < -0.3 is 9.47 Å². The molecule has 0 saturated heterocycles. The van der Waals surface area contributed by atoms with Gasteiger partial charge in [-0.25, -0.2) is 0 Å². The summed E-state index contributed by atoms with van der Waals surface area (Å²) in [6.45, 7) is 8.59. The van der Waals surface area contributed by atoms with Gasteiger partial charge in [0.15, 0.2) is 0 Å². The Morgan fingerprint density at radius 3 is 2.59 bits per heavy atom. The van der Waals surface area contributed by atoms with Gasteiger partial charge in [0.2, 0.25) is 0 Å². The van der Waals surface area contributed by atoms with E-state index >= 15 is 0 Å². The Morgan fingerprint density at radius 2 is 1.94 bits per heavy atom. The van der Waals surface area contributed by atoms with Gasteiger partial charge in [0.1, 0.15) is 0 Å². The first-order chi connectivity index (χ1) is 8.36. The summed E-state index contributed by atoms with van der Waals surface area (Å²) in [7, 11) is 0. The maximum atomic E-state index is 5.76. The third-order valence-corrected chi connectivity index (χ3v) is 2.44. The molecule has 0 aromatic heterocycles. The van der Waals surface area contributed by atoms with Crippen molar-refractivity contribution in [2.45, 2.75) is 25.6 Å². The molecule has 0 aliphatic heterocycles. The summed E-state index contributed by atoms with van der Waals surface area (Å²) in [6.07, 6.45) is 5.26. The van der Waals surface area contributed by atoms with E-state index in [2.05, 4.69) is 25.3 Å². The number of rotatable bonds is 9. The van der Waals surface area contributed by atoms with Gasteiger partial charge in [-0.1, -0.05) is 43.0 Å². The average molecular weight is 232 g/mol. The Balaban J connectivity index is 2.22. The van der Waals surface area contributed by atoms with E-state index < -0.39 is 0 Å². The summed E-state index contributed by atoms with van der Waals surface area (Å²) >= 11 is 0. The molecule has 0 bridgehead atoms. The molecule has 17 heavy (non-hydrogen) atoms. The minimum atomic E-state index is 0.0867. The van der Waals surface area contributed by atoms with E-state index in [1.54, 1.807) is 0 Å². The van der Waals surface area contributed by atoms with Gasteiger partial charge in [-0.05, 0) is 18.4 Å². The Hall–Kier alpha value is -1.54. The number of hydrogen-bond donors (Lipinski definition) is 0. The SMILES string of the molecule is C=COCCCC(C=C)OCc1ccccc1. The van der Waals surface area contributed by atoms with Crippen LogP contribution in [0.5, 0.6) is 0 Å². The Morgan fingerprint density at radius 1 is 1.18 bits per heavy atom. The number of ether oxygens (including phenoxy) is 2. The highest BCUT2D eigenvalue weighted by Gasteiger charge is 2.04. The standard InChI is InChI=1S/C15H20O2/c1-3-15(11-8-12-16-4-2)17-13-14-9-6-5-7-10-14/h3-7,9-10,15H,1-2,8,11-13H2. The first kappa shape index (κ1) is 13.5. The molecular weight excluding hydrogens is 212 g/mol. The first-order valence-electron chi connectivity index (χ1n) is 5.87. The molecule has 2 heteroatoms. The van der Waals surface area contributed by atoms with Crippen molar-refractivity contribution in [2.75, 3.05) is 6.61 Å². The fraction of sp³-hybridized carbons (Fsp3) is 0.333. The quantitative estimate of drug-likeness (QED) is 0.367. The van der Waals surface area contributed by atoms with Gasteiger partial charge in [-0.15, -0.1) is 6.58 Å². The Labute approximate surface area is 104 Å². The molecule has 1 aromatic carbocycles. The van der Waals surface area contributed by atoms with Gasteiger partial charge in [0, 0.05) is 0 Å². The number of benzene rings is 1. The topological polar surface area (TPSA) is 18.5 Å². The lowest BCUT2D eigenvalue weighted by Gasteiger charge is -2.13. The average Bonchev–Trinajstić information content (AvgIpc) is 2.39. The van der Waals surface area contributed by atoms with E-state index in [9.17, 15) is 0 Å². The van der Waals surface area contributed by atoms with Crippen molar-refractivity contribution in [3.63, 3.8) is 0 Å². The Bertz CT molecular complexity index is 319. The van der Waals surface area contributed by atoms with E-state index in [1.807, 2.05) is 24.3 Å². The Kier molecular flexibility index (Phi) is 6.84. The van der Waals surface area contributed by atoms with E-state index in [1.165, 1.54) is 11.8 Å². The van der Waals surface area contributed by atoms with Crippen LogP contribution in [0.15, 0.2) is 55.8 Å². The van der Waals surface area contributed by atoms with Gasteiger partial charge in [0.25, 0.3) is 0 Å². The fourth-order valence-corrected chi connectivity index (χ4v) is 1.50. The van der Waals surface area contributed by atoms with Crippen LogP contribution in [0.25, 0.3) is 0 Å². The third kappa shape index (κ3) is 5.93. The highest BCUT2D eigenvalue weighted by atomic mass is 16.5. The van der Waals surface area contributed by atoms with Crippen molar-refractivity contribution in [3.05, 3.63) is 61.4 Å². The van der Waals surface area contributed by atoms with Gasteiger partial charge in [-0.3, -0.25) is 0 Å². The van der Waals surface area contributed by atoms with Crippen LogP contribution in [0.1, 0.15) is 18.4 Å². The van der Waals surface area contributed by atoms with E-state index in [4.69, 9.17) is 9.47 Å². The summed E-state index contributed by atoms with van der Waals surface area (Å²) < 4.78 is 10.8. The first-order valence-corrected chi connectivity index (χ1v) is 5.87. The van der Waals surface area contributed by atoms with Crippen LogP contribution in [-0.4, -0.2) is 12.7 Å². The number of hydrogen-bond acceptors (Lipinski definition) is 2. The maximum Gasteiger partial charge on any atom is 0.0874 e. The third-order valence-electron chi connectivity index (χ3n) is 2.44. The highest BCUT2D eigenvalue weighted by molar-refractivity contribution is 5.13. The van der Waals surface area contributed by atoms with Crippen molar-refractivity contribution >= 4 is 0 Å². The lowest BCUT2D eigenvalue weighted by atomic mass is 10.2. The van der Waals surface area contributed by atoms with Crippen LogP contribution in [0.3, 0.4) is 0 Å². The molecule has 2 nitrogen and oxygen atoms in total. The van der Waals surface area contributed by atoms with Crippen LogP contribution in [0.2, 0.25) is 0 Å². The molecule has 0 aliphatic rings. The summed E-state index contributed by atoms with van der Waals surface area (Å²) in [6, 6.07) is 10.1. The fourth-order valence-electron chi connectivity index (χ4n) is 1.50. The zero-order valence-corrected chi connectivity index (χ0v) is 10.2. The molecule has 0 spiro atoms. The molecule has 0 saturated carbocycles. The molecule has 1 unspecified atom stereocenters. The summed E-state index contributed by atoms with van der Waals surface area (Å²) in [5.41, 5.74) is 1.18. The molecule has 0 radical (unpaired) electrons. The molecule has 1 aromatic rings. The van der Waals surface area contributed by atoms with Crippen LogP contribution in [0, 0.1) is 0 Å². The van der Waals surface area contributed by atoms with Crippen molar-refractivity contribution in [1.29, 1.82) is 0 Å². The summed E-state index contributed by atoms with van der Waals surface area (Å²) in [4.78, 5) is 0. The monoisotopic (exact) mass is 232 g/mol. The predicted molar refractivity (Wildman–Crippen MR) is 70.6 cm³/mol. The lowest BCUT2D eigenvalue weighted by molar-refractivity contribution is 0.0611. The normalized spacial score (nSPS) is 11.8. The molecular formula is C15H20O2. The van der Waals surface area contributed by atoms with Gasteiger partial charge in [-0.2, -0.15) is 0 Å². The van der Waals surface area contributed by atoms with E-state index in [0.29, 0.717) is 13.2 Å². The van der Waals surface area contributed by atoms with Crippen molar-refractivity contribution in [2.24, 2.45) is 0 Å². The second-order valence-corrected chi connectivity index (χ2v) is 3.75. The van der Waals surface area contributed by atoms with E-state index in [0.717, 1.165) is 12.8 Å². The molecule has 0 fully saturated rings. The van der Waals surface area contributed by atoms with Gasteiger partial charge in [0.05, 0.1) is 25.6 Å². The zero-order valence-electron chi connectivity index (χ0n) is 10.2. The van der Waals surface area contributed by atoms with Gasteiger partial charge >= 0.3 is 0 Å². The smallest absolute Gasteiger partial charge is 0.0874 e. The molecule has 1 atom stereocenters. The molecule has 0 heterocycles. The molecule has 0 N–H and O–H groups in total. The summed E-state index contributed by atoms with van der Waals surface area (Å²) in [5.74, 6) is 0. The minimum Gasteiger partial charge on any atom is -0.502 e. The van der Waals surface area contributed by atoms with Crippen molar-refractivity contribution in [1.82, 2.24) is 0 Å².